The molecule has 1 atom stereocenters. The third kappa shape index (κ3) is 1.55. The van der Waals surface area contributed by atoms with Crippen molar-refractivity contribution in [3.8, 4) is 0 Å². The van der Waals surface area contributed by atoms with Crippen LogP contribution in [-0.2, 0) is 0 Å². The molecule has 1 aliphatic heterocycles. The SMILES string of the molecule is C[C@H]1CNCCN1c1nc2ccccc2[nH]1. The maximum Gasteiger partial charge on any atom is 0.204 e. The van der Waals surface area contributed by atoms with Crippen molar-refractivity contribution in [1.29, 1.82) is 0 Å². The summed E-state index contributed by atoms with van der Waals surface area (Å²) in [5.74, 6) is 0.996. The molecule has 16 heavy (non-hydrogen) atoms. The van der Waals surface area contributed by atoms with Crippen molar-refractivity contribution in [2.75, 3.05) is 24.5 Å². The first-order chi connectivity index (χ1) is 7.84. The van der Waals surface area contributed by atoms with Gasteiger partial charge in [0.05, 0.1) is 11.0 Å². The van der Waals surface area contributed by atoms with Crippen LogP contribution >= 0.6 is 0 Å². The second-order valence-electron chi connectivity index (χ2n) is 4.32. The summed E-state index contributed by atoms with van der Waals surface area (Å²) in [6.07, 6.45) is 0. The standard InChI is InChI=1S/C12H16N4/c1-9-8-13-6-7-16(9)12-14-10-4-2-3-5-11(10)15-12/h2-5,9,13H,6-8H2,1H3,(H,14,15)/t9-/m0/s1. The molecule has 4 heteroatoms. The Morgan fingerprint density at radius 2 is 2.25 bits per heavy atom. The number of aromatic nitrogens is 2. The van der Waals surface area contributed by atoms with Crippen molar-refractivity contribution in [1.82, 2.24) is 15.3 Å². The van der Waals surface area contributed by atoms with Crippen LogP contribution in [0, 0.1) is 0 Å². The molecule has 0 aliphatic carbocycles. The molecule has 0 radical (unpaired) electrons. The zero-order valence-corrected chi connectivity index (χ0v) is 9.40. The Labute approximate surface area is 94.7 Å². The molecular formula is C12H16N4. The zero-order chi connectivity index (χ0) is 11.0. The molecule has 1 aromatic carbocycles. The van der Waals surface area contributed by atoms with Crippen LogP contribution in [0.5, 0.6) is 0 Å². The van der Waals surface area contributed by atoms with Crippen molar-refractivity contribution in [2.45, 2.75) is 13.0 Å². The molecule has 0 spiro atoms. The summed E-state index contributed by atoms with van der Waals surface area (Å²) in [7, 11) is 0. The molecular weight excluding hydrogens is 200 g/mol. The van der Waals surface area contributed by atoms with Crippen molar-refractivity contribution < 1.29 is 0 Å². The van der Waals surface area contributed by atoms with Gasteiger partial charge in [-0.2, -0.15) is 0 Å². The van der Waals surface area contributed by atoms with Crippen LogP contribution in [0.2, 0.25) is 0 Å². The lowest BCUT2D eigenvalue weighted by atomic mass is 10.2. The fraction of sp³-hybridized carbons (Fsp3) is 0.417. The highest BCUT2D eigenvalue weighted by Gasteiger charge is 2.20. The third-order valence-electron chi connectivity index (χ3n) is 3.15. The molecule has 1 aromatic heterocycles. The van der Waals surface area contributed by atoms with E-state index in [1.807, 2.05) is 18.2 Å². The van der Waals surface area contributed by atoms with Crippen LogP contribution in [0.4, 0.5) is 5.95 Å². The molecule has 0 saturated carbocycles. The van der Waals surface area contributed by atoms with Gasteiger partial charge in [0, 0.05) is 25.7 Å². The van der Waals surface area contributed by atoms with E-state index in [-0.39, 0.29) is 0 Å². The smallest absolute Gasteiger partial charge is 0.204 e. The average Bonchev–Trinajstić information content (AvgIpc) is 2.73. The lowest BCUT2D eigenvalue weighted by Gasteiger charge is -2.33. The number of H-pyrrole nitrogens is 1. The minimum Gasteiger partial charge on any atom is -0.337 e. The molecule has 1 saturated heterocycles. The van der Waals surface area contributed by atoms with Gasteiger partial charge in [0.25, 0.3) is 0 Å². The van der Waals surface area contributed by atoms with E-state index in [9.17, 15) is 0 Å². The molecule has 0 unspecified atom stereocenters. The van der Waals surface area contributed by atoms with Crippen LogP contribution in [0.1, 0.15) is 6.92 Å². The first-order valence-corrected chi connectivity index (χ1v) is 5.77. The largest absolute Gasteiger partial charge is 0.337 e. The number of rotatable bonds is 1. The first kappa shape index (κ1) is 9.66. The number of fused-ring (bicyclic) bond motifs is 1. The molecule has 0 bridgehead atoms. The maximum absolute atomic E-state index is 4.63. The van der Waals surface area contributed by atoms with Gasteiger partial charge in [0.1, 0.15) is 0 Å². The highest BCUT2D eigenvalue weighted by molar-refractivity contribution is 5.77. The lowest BCUT2D eigenvalue weighted by molar-refractivity contribution is 0.494. The number of anilines is 1. The molecule has 2 heterocycles. The van der Waals surface area contributed by atoms with Gasteiger partial charge in [-0.05, 0) is 19.1 Å². The summed E-state index contributed by atoms with van der Waals surface area (Å²) in [5.41, 5.74) is 2.16. The van der Waals surface area contributed by atoms with Crippen molar-refractivity contribution in [3.05, 3.63) is 24.3 Å². The number of hydrogen-bond acceptors (Lipinski definition) is 3. The summed E-state index contributed by atoms with van der Waals surface area (Å²) < 4.78 is 0. The van der Waals surface area contributed by atoms with Gasteiger partial charge in [0.15, 0.2) is 0 Å². The van der Waals surface area contributed by atoms with Gasteiger partial charge in [-0.1, -0.05) is 12.1 Å². The summed E-state index contributed by atoms with van der Waals surface area (Å²) in [6, 6.07) is 8.66. The quantitative estimate of drug-likeness (QED) is 0.756. The molecule has 2 N–H and O–H groups in total. The number of aromatic amines is 1. The number of para-hydroxylation sites is 2. The van der Waals surface area contributed by atoms with Crippen LogP contribution in [0.25, 0.3) is 11.0 Å². The monoisotopic (exact) mass is 216 g/mol. The van der Waals surface area contributed by atoms with E-state index in [1.54, 1.807) is 0 Å². The van der Waals surface area contributed by atoms with Gasteiger partial charge in [-0.15, -0.1) is 0 Å². The van der Waals surface area contributed by atoms with Gasteiger partial charge in [-0.25, -0.2) is 4.98 Å². The van der Waals surface area contributed by atoms with Crippen molar-refractivity contribution in [2.24, 2.45) is 0 Å². The van der Waals surface area contributed by atoms with Crippen LogP contribution in [0.15, 0.2) is 24.3 Å². The zero-order valence-electron chi connectivity index (χ0n) is 9.40. The van der Waals surface area contributed by atoms with Crippen LogP contribution in [-0.4, -0.2) is 35.6 Å². The summed E-state index contributed by atoms with van der Waals surface area (Å²) in [6.45, 7) is 5.29. The third-order valence-corrected chi connectivity index (χ3v) is 3.15. The number of imidazole rings is 1. The van der Waals surface area contributed by atoms with E-state index in [2.05, 4.69) is 33.2 Å². The molecule has 84 valence electrons. The van der Waals surface area contributed by atoms with Gasteiger partial charge >= 0.3 is 0 Å². The van der Waals surface area contributed by atoms with Crippen molar-refractivity contribution >= 4 is 17.0 Å². The highest BCUT2D eigenvalue weighted by Crippen LogP contribution is 2.19. The van der Waals surface area contributed by atoms with Crippen LogP contribution < -0.4 is 10.2 Å². The molecule has 1 aliphatic rings. The number of nitrogens with zero attached hydrogens (tertiary/aromatic N) is 2. The highest BCUT2D eigenvalue weighted by atomic mass is 15.3. The van der Waals surface area contributed by atoms with E-state index in [1.165, 1.54) is 0 Å². The number of nitrogens with one attached hydrogen (secondary N) is 2. The fourth-order valence-corrected chi connectivity index (χ4v) is 2.23. The Kier molecular flexibility index (Phi) is 2.29. The predicted octanol–water partition coefficient (Wildman–Crippen LogP) is 1.36. The van der Waals surface area contributed by atoms with E-state index >= 15 is 0 Å². The summed E-state index contributed by atoms with van der Waals surface area (Å²) in [5, 5.41) is 3.38. The topological polar surface area (TPSA) is 44.0 Å². The van der Waals surface area contributed by atoms with E-state index < -0.39 is 0 Å². The minimum absolute atomic E-state index is 0.495. The molecule has 0 amide bonds. The Bertz CT molecular complexity index is 457. The molecule has 3 rings (SSSR count). The Morgan fingerprint density at radius 3 is 3.06 bits per heavy atom. The number of hydrogen-bond donors (Lipinski definition) is 2. The summed E-state index contributed by atoms with van der Waals surface area (Å²) in [4.78, 5) is 10.3. The lowest BCUT2D eigenvalue weighted by Crippen LogP contribution is -2.50. The Hall–Kier alpha value is -1.55. The first-order valence-electron chi connectivity index (χ1n) is 5.77. The second-order valence-corrected chi connectivity index (χ2v) is 4.32. The number of piperazine rings is 1. The van der Waals surface area contributed by atoms with Crippen LogP contribution in [0.3, 0.4) is 0 Å². The van der Waals surface area contributed by atoms with Gasteiger partial charge < -0.3 is 15.2 Å². The van der Waals surface area contributed by atoms with Crippen molar-refractivity contribution in [3.63, 3.8) is 0 Å². The molecule has 1 fully saturated rings. The maximum atomic E-state index is 4.63. The average molecular weight is 216 g/mol. The number of benzene rings is 1. The molecule has 4 nitrogen and oxygen atoms in total. The summed E-state index contributed by atoms with van der Waals surface area (Å²) >= 11 is 0. The Morgan fingerprint density at radius 1 is 1.38 bits per heavy atom. The van der Waals surface area contributed by atoms with Gasteiger partial charge in [0.2, 0.25) is 5.95 Å². The second kappa shape index (κ2) is 3.79. The van der Waals surface area contributed by atoms with E-state index in [4.69, 9.17) is 0 Å². The van der Waals surface area contributed by atoms with E-state index in [0.717, 1.165) is 36.6 Å². The fourth-order valence-electron chi connectivity index (χ4n) is 2.23. The predicted molar refractivity (Wildman–Crippen MR) is 65.8 cm³/mol. The normalized spacial score (nSPS) is 21.6. The minimum atomic E-state index is 0.495. The van der Waals surface area contributed by atoms with Gasteiger partial charge in [-0.3, -0.25) is 0 Å². The van der Waals surface area contributed by atoms with E-state index in [0.29, 0.717) is 6.04 Å². The Balaban J connectivity index is 1.98. The molecule has 2 aromatic rings.